The summed E-state index contributed by atoms with van der Waals surface area (Å²) >= 11 is 0. The number of hydrogen-bond acceptors (Lipinski definition) is 5. The van der Waals surface area contributed by atoms with Gasteiger partial charge in [0.05, 0.1) is 4.92 Å². The van der Waals surface area contributed by atoms with Gasteiger partial charge in [0, 0.05) is 12.1 Å². The van der Waals surface area contributed by atoms with Crippen molar-refractivity contribution < 1.29 is 19.2 Å². The standard InChI is InChI=1S/C17H17NO5/c1-3-4-5-6-10-23-17(20)16(13(2)19)12-14-8-7-9-15(11-14)18(21)22/h3-9,11-12H,10H2,1-2H3/b4-3+,6-5+,16-12+. The average molecular weight is 315 g/mol. The van der Waals surface area contributed by atoms with Crippen LogP contribution in [-0.2, 0) is 14.3 Å². The number of nitro benzene ring substituents is 1. The molecule has 0 saturated carbocycles. The van der Waals surface area contributed by atoms with E-state index in [1.165, 1.54) is 31.2 Å². The monoisotopic (exact) mass is 315 g/mol. The highest BCUT2D eigenvalue weighted by Crippen LogP contribution is 2.16. The molecule has 0 saturated heterocycles. The number of carbonyl (C=O) groups is 2. The minimum Gasteiger partial charge on any atom is -0.458 e. The molecular formula is C17H17NO5. The van der Waals surface area contributed by atoms with Crippen LogP contribution < -0.4 is 0 Å². The Morgan fingerprint density at radius 2 is 2.04 bits per heavy atom. The minimum absolute atomic E-state index is 0.0305. The molecule has 0 unspecified atom stereocenters. The lowest BCUT2D eigenvalue weighted by molar-refractivity contribution is -0.384. The van der Waals surface area contributed by atoms with Crippen LogP contribution >= 0.6 is 0 Å². The molecule has 1 rings (SSSR count). The van der Waals surface area contributed by atoms with Crippen LogP contribution in [0.2, 0.25) is 0 Å². The van der Waals surface area contributed by atoms with Crippen molar-refractivity contribution in [1.29, 1.82) is 0 Å². The Kier molecular flexibility index (Phi) is 7.13. The molecule has 0 N–H and O–H groups in total. The van der Waals surface area contributed by atoms with Crippen LogP contribution in [0.15, 0.2) is 54.1 Å². The predicted octanol–water partition coefficient (Wildman–Crippen LogP) is 3.24. The lowest BCUT2D eigenvalue weighted by Crippen LogP contribution is -2.13. The summed E-state index contributed by atoms with van der Waals surface area (Å²) in [6, 6.07) is 5.65. The molecule has 0 radical (unpaired) electrons. The van der Waals surface area contributed by atoms with Gasteiger partial charge >= 0.3 is 5.97 Å². The van der Waals surface area contributed by atoms with Crippen LogP contribution in [0.4, 0.5) is 5.69 Å². The Bertz CT molecular complexity index is 686. The van der Waals surface area contributed by atoms with Gasteiger partial charge in [-0.1, -0.05) is 30.4 Å². The van der Waals surface area contributed by atoms with Crippen molar-refractivity contribution in [3.05, 3.63) is 69.8 Å². The van der Waals surface area contributed by atoms with Crippen LogP contribution in [0.3, 0.4) is 0 Å². The second-order valence-corrected chi connectivity index (χ2v) is 4.52. The van der Waals surface area contributed by atoms with Gasteiger partial charge in [0.2, 0.25) is 0 Å². The number of Topliss-reactive ketones (excluding diaryl/α,β-unsaturated/α-hetero) is 1. The van der Waals surface area contributed by atoms with E-state index in [1.807, 2.05) is 13.0 Å². The number of nitrogens with zero attached hydrogens (tertiary/aromatic N) is 1. The summed E-state index contributed by atoms with van der Waals surface area (Å²) in [5.41, 5.74) is 0.0973. The Labute approximate surface area is 133 Å². The van der Waals surface area contributed by atoms with E-state index in [0.29, 0.717) is 5.56 Å². The molecule has 0 amide bonds. The molecule has 120 valence electrons. The zero-order valence-electron chi connectivity index (χ0n) is 12.9. The fourth-order valence-electron chi connectivity index (χ4n) is 1.65. The molecule has 1 aromatic carbocycles. The van der Waals surface area contributed by atoms with Gasteiger partial charge in [0.25, 0.3) is 5.69 Å². The van der Waals surface area contributed by atoms with Gasteiger partial charge in [-0.25, -0.2) is 4.79 Å². The highest BCUT2D eigenvalue weighted by molar-refractivity contribution is 6.19. The van der Waals surface area contributed by atoms with Crippen LogP contribution in [-0.4, -0.2) is 23.3 Å². The van der Waals surface area contributed by atoms with E-state index in [-0.39, 0.29) is 17.9 Å². The lowest BCUT2D eigenvalue weighted by Gasteiger charge is -2.04. The highest BCUT2D eigenvalue weighted by atomic mass is 16.6. The summed E-state index contributed by atoms with van der Waals surface area (Å²) < 4.78 is 4.98. The first kappa shape index (κ1) is 18.0. The van der Waals surface area contributed by atoms with E-state index in [4.69, 9.17) is 4.74 Å². The zero-order valence-corrected chi connectivity index (χ0v) is 12.9. The van der Waals surface area contributed by atoms with Crippen LogP contribution in [0.5, 0.6) is 0 Å². The largest absolute Gasteiger partial charge is 0.458 e. The van der Waals surface area contributed by atoms with E-state index in [9.17, 15) is 19.7 Å². The van der Waals surface area contributed by atoms with Crippen molar-refractivity contribution in [3.63, 3.8) is 0 Å². The first-order valence-corrected chi connectivity index (χ1v) is 6.87. The SMILES string of the molecule is C/C=C/C=C/COC(=O)/C(=C/c1cccc([N+](=O)[O-])c1)C(C)=O. The second-order valence-electron chi connectivity index (χ2n) is 4.52. The molecule has 0 aliphatic rings. The molecule has 0 fully saturated rings. The first-order chi connectivity index (χ1) is 11.0. The third kappa shape index (κ3) is 6.09. The van der Waals surface area contributed by atoms with Crippen LogP contribution in [0.1, 0.15) is 19.4 Å². The van der Waals surface area contributed by atoms with E-state index >= 15 is 0 Å². The summed E-state index contributed by atoms with van der Waals surface area (Å²) in [6.07, 6.45) is 8.22. The first-order valence-electron chi connectivity index (χ1n) is 6.87. The van der Waals surface area contributed by atoms with Gasteiger partial charge < -0.3 is 4.74 Å². The predicted molar refractivity (Wildman–Crippen MR) is 86.7 cm³/mol. The summed E-state index contributed by atoms with van der Waals surface area (Å²) in [6.45, 7) is 3.12. The number of hydrogen-bond donors (Lipinski definition) is 0. The number of ether oxygens (including phenoxy) is 1. The number of carbonyl (C=O) groups excluding carboxylic acids is 2. The number of non-ortho nitro benzene ring substituents is 1. The van der Waals surface area contributed by atoms with Crippen LogP contribution in [0.25, 0.3) is 6.08 Å². The summed E-state index contributed by atoms with van der Waals surface area (Å²) in [5.74, 6) is -1.24. The Morgan fingerprint density at radius 1 is 1.30 bits per heavy atom. The van der Waals surface area contributed by atoms with Crippen molar-refractivity contribution in [3.8, 4) is 0 Å². The second kappa shape index (κ2) is 9.09. The molecule has 0 atom stereocenters. The number of allylic oxidation sites excluding steroid dienone is 3. The molecule has 0 aliphatic heterocycles. The van der Waals surface area contributed by atoms with E-state index in [2.05, 4.69) is 0 Å². The number of benzene rings is 1. The van der Waals surface area contributed by atoms with E-state index in [0.717, 1.165) is 0 Å². The molecule has 0 spiro atoms. The van der Waals surface area contributed by atoms with E-state index in [1.54, 1.807) is 24.3 Å². The molecule has 1 aromatic rings. The summed E-state index contributed by atoms with van der Waals surface area (Å²) in [5, 5.41) is 10.7. The maximum atomic E-state index is 11.9. The molecule has 23 heavy (non-hydrogen) atoms. The van der Waals surface area contributed by atoms with Crippen molar-refractivity contribution in [2.75, 3.05) is 6.61 Å². The topological polar surface area (TPSA) is 86.5 Å². The quantitative estimate of drug-likeness (QED) is 0.147. The maximum Gasteiger partial charge on any atom is 0.342 e. The Balaban J connectivity index is 2.93. The summed E-state index contributed by atoms with van der Waals surface area (Å²) in [4.78, 5) is 33.8. The molecular weight excluding hydrogens is 298 g/mol. The molecule has 0 heterocycles. The highest BCUT2D eigenvalue weighted by Gasteiger charge is 2.16. The normalized spacial score (nSPS) is 11.8. The lowest BCUT2D eigenvalue weighted by atomic mass is 10.1. The van der Waals surface area contributed by atoms with Gasteiger partial charge in [0.1, 0.15) is 12.2 Å². The van der Waals surface area contributed by atoms with Gasteiger partial charge in [-0.2, -0.15) is 0 Å². The molecule has 0 aromatic heterocycles. The fraction of sp³-hybridized carbons (Fsp3) is 0.176. The maximum absolute atomic E-state index is 11.9. The number of esters is 1. The average Bonchev–Trinajstić information content (AvgIpc) is 2.52. The molecule has 6 nitrogen and oxygen atoms in total. The summed E-state index contributed by atoms with van der Waals surface area (Å²) in [7, 11) is 0. The fourth-order valence-corrected chi connectivity index (χ4v) is 1.65. The van der Waals surface area contributed by atoms with Gasteiger partial charge in [-0.15, -0.1) is 0 Å². The van der Waals surface area contributed by atoms with Gasteiger partial charge in [-0.3, -0.25) is 14.9 Å². The van der Waals surface area contributed by atoms with E-state index < -0.39 is 16.7 Å². The van der Waals surface area contributed by atoms with Crippen molar-refractivity contribution in [2.24, 2.45) is 0 Å². The zero-order chi connectivity index (χ0) is 17.2. The Morgan fingerprint density at radius 3 is 2.65 bits per heavy atom. The number of rotatable bonds is 7. The van der Waals surface area contributed by atoms with Gasteiger partial charge in [-0.05, 0) is 31.6 Å². The van der Waals surface area contributed by atoms with Crippen LogP contribution in [0, 0.1) is 10.1 Å². The Hall–Kier alpha value is -3.02. The van der Waals surface area contributed by atoms with Gasteiger partial charge in [0.15, 0.2) is 5.78 Å². The van der Waals surface area contributed by atoms with Crippen molar-refractivity contribution in [2.45, 2.75) is 13.8 Å². The molecule has 6 heteroatoms. The number of nitro groups is 1. The van der Waals surface area contributed by atoms with Crippen molar-refractivity contribution >= 4 is 23.5 Å². The molecule has 0 aliphatic carbocycles. The molecule has 0 bridgehead atoms. The smallest absolute Gasteiger partial charge is 0.342 e. The van der Waals surface area contributed by atoms with Crippen molar-refractivity contribution in [1.82, 2.24) is 0 Å². The number of ketones is 1. The third-order valence-electron chi connectivity index (χ3n) is 2.74. The minimum atomic E-state index is -0.769. The third-order valence-corrected chi connectivity index (χ3v) is 2.74.